The maximum absolute atomic E-state index is 13.9. The van der Waals surface area contributed by atoms with Gasteiger partial charge in [-0.3, -0.25) is 4.79 Å². The molecule has 1 unspecified atom stereocenters. The van der Waals surface area contributed by atoms with Crippen molar-refractivity contribution in [3.63, 3.8) is 0 Å². The van der Waals surface area contributed by atoms with E-state index < -0.39 is 10.0 Å². The molecule has 2 N–H and O–H groups in total. The summed E-state index contributed by atoms with van der Waals surface area (Å²) in [4.78, 5) is 20.5. The average Bonchev–Trinajstić information content (AvgIpc) is 3.66. The third-order valence-electron chi connectivity index (χ3n) is 8.81. The summed E-state index contributed by atoms with van der Waals surface area (Å²) in [6, 6.07) is 14.6. The Balaban J connectivity index is 1.23. The number of hydrogen-bond donors (Lipinski definition) is 1. The van der Waals surface area contributed by atoms with Gasteiger partial charge in [0.1, 0.15) is 10.3 Å². The normalized spacial score (nSPS) is 21.8. The van der Waals surface area contributed by atoms with Crippen LogP contribution in [-0.4, -0.2) is 91.2 Å². The van der Waals surface area contributed by atoms with Crippen LogP contribution in [0.4, 0.5) is 5.69 Å². The summed E-state index contributed by atoms with van der Waals surface area (Å²) in [6.07, 6.45) is 4.71. The topological polar surface area (TPSA) is 114 Å². The molecule has 12 heteroatoms. The van der Waals surface area contributed by atoms with Crippen LogP contribution in [0.15, 0.2) is 46.7 Å². The van der Waals surface area contributed by atoms with E-state index in [1.807, 2.05) is 12.1 Å². The number of sulfonamides is 1. The van der Waals surface area contributed by atoms with Crippen LogP contribution >= 0.6 is 22.9 Å². The lowest BCUT2D eigenvalue weighted by Gasteiger charge is -2.44. The predicted molar refractivity (Wildman–Crippen MR) is 166 cm³/mol. The molecular weight excluding hydrogens is 592 g/mol. The van der Waals surface area contributed by atoms with E-state index in [9.17, 15) is 18.5 Å². The molecule has 0 bridgehead atoms. The number of carbonyl (C=O) groups is 1. The second-order valence-electron chi connectivity index (χ2n) is 11.5. The minimum absolute atomic E-state index is 0.209. The largest absolute Gasteiger partial charge is 0.398 e. The number of nitrogens with zero attached hydrogens (tertiary/aromatic N) is 5. The van der Waals surface area contributed by atoms with E-state index in [4.69, 9.17) is 17.3 Å². The molecular formula is C30H35ClN6O3S2. The highest BCUT2D eigenvalue weighted by molar-refractivity contribution is 7.91. The number of rotatable bonds is 7. The maximum atomic E-state index is 13.9. The Labute approximate surface area is 256 Å². The highest BCUT2D eigenvalue weighted by Crippen LogP contribution is 2.34. The lowest BCUT2D eigenvalue weighted by atomic mass is 10.0. The van der Waals surface area contributed by atoms with Crippen LogP contribution in [-0.2, 0) is 21.4 Å². The number of carbonyl (C=O) groups excluding carboxylic acids is 1. The number of hydrogen-bond acceptors (Lipinski definition) is 8. The molecule has 3 aliphatic rings. The summed E-state index contributed by atoms with van der Waals surface area (Å²) in [5.74, 6) is -0.242. The average molecular weight is 627 g/mol. The second kappa shape index (κ2) is 12.1. The number of nitriles is 1. The van der Waals surface area contributed by atoms with Crippen molar-refractivity contribution >= 4 is 54.6 Å². The molecule has 4 heterocycles. The number of benzene rings is 2. The number of amides is 1. The van der Waals surface area contributed by atoms with E-state index in [1.165, 1.54) is 41.6 Å². The number of nitrogen functional groups attached to an aromatic ring is 1. The fraction of sp³-hybridized carbons (Fsp3) is 0.467. The van der Waals surface area contributed by atoms with E-state index in [1.54, 1.807) is 35.2 Å². The van der Waals surface area contributed by atoms with Gasteiger partial charge in [-0.15, -0.1) is 11.3 Å². The quantitative estimate of drug-likeness (QED) is 0.395. The molecule has 6 rings (SSSR count). The summed E-state index contributed by atoms with van der Waals surface area (Å²) >= 11 is 7.32. The third-order valence-corrected chi connectivity index (χ3v) is 12.4. The molecule has 0 aliphatic carbocycles. The Hall–Kier alpha value is -2.72. The number of halogens is 1. The van der Waals surface area contributed by atoms with Gasteiger partial charge in [-0.05, 0) is 93.1 Å². The number of nitrogens with two attached hydrogens (primary N) is 1. The number of anilines is 1. The molecule has 1 aromatic heterocycles. The van der Waals surface area contributed by atoms with Gasteiger partial charge >= 0.3 is 0 Å². The van der Waals surface area contributed by atoms with Gasteiger partial charge in [-0.1, -0.05) is 23.7 Å². The molecule has 0 radical (unpaired) electrons. The molecule has 3 aliphatic heterocycles. The van der Waals surface area contributed by atoms with Gasteiger partial charge in [0.25, 0.3) is 10.0 Å². The van der Waals surface area contributed by atoms with Gasteiger partial charge in [0.05, 0.1) is 18.2 Å². The van der Waals surface area contributed by atoms with Crippen molar-refractivity contribution in [2.75, 3.05) is 51.5 Å². The zero-order valence-corrected chi connectivity index (χ0v) is 25.8. The summed E-state index contributed by atoms with van der Waals surface area (Å²) in [5.41, 5.74) is 7.65. The minimum atomic E-state index is -3.90. The summed E-state index contributed by atoms with van der Waals surface area (Å²) in [5, 5.41) is 10.6. The van der Waals surface area contributed by atoms with Gasteiger partial charge < -0.3 is 20.4 Å². The lowest BCUT2D eigenvalue weighted by molar-refractivity contribution is -0.139. The first-order chi connectivity index (χ1) is 20.2. The highest BCUT2D eigenvalue weighted by atomic mass is 35.5. The number of likely N-dealkylation sites (tertiary alicyclic amines) is 2. The van der Waals surface area contributed by atoms with Gasteiger partial charge in [-0.25, -0.2) is 8.42 Å². The first-order valence-electron chi connectivity index (χ1n) is 14.4. The molecule has 222 valence electrons. The molecule has 42 heavy (non-hydrogen) atoms. The van der Waals surface area contributed by atoms with E-state index in [-0.39, 0.29) is 29.2 Å². The van der Waals surface area contributed by atoms with Crippen LogP contribution in [0.3, 0.4) is 0 Å². The Morgan fingerprint density at radius 1 is 1.05 bits per heavy atom. The Morgan fingerprint density at radius 3 is 2.52 bits per heavy atom. The zero-order chi connectivity index (χ0) is 29.4. The summed E-state index contributed by atoms with van der Waals surface area (Å²) in [7, 11) is -3.90. The lowest BCUT2D eigenvalue weighted by Crippen LogP contribution is -2.61. The van der Waals surface area contributed by atoms with Crippen molar-refractivity contribution in [1.82, 2.24) is 19.0 Å². The van der Waals surface area contributed by atoms with Crippen LogP contribution in [0, 0.1) is 11.3 Å². The third kappa shape index (κ3) is 6.02. The molecule has 3 saturated heterocycles. The van der Waals surface area contributed by atoms with Crippen LogP contribution in [0.5, 0.6) is 0 Å². The van der Waals surface area contributed by atoms with Gasteiger partial charge in [0.15, 0.2) is 0 Å². The van der Waals surface area contributed by atoms with E-state index in [2.05, 4.69) is 15.9 Å². The Kier molecular flexibility index (Phi) is 8.46. The van der Waals surface area contributed by atoms with Crippen LogP contribution in [0.1, 0.15) is 36.8 Å². The molecule has 3 aromatic rings. The van der Waals surface area contributed by atoms with Crippen molar-refractivity contribution in [2.24, 2.45) is 0 Å². The molecule has 1 atom stereocenters. The monoisotopic (exact) mass is 626 g/mol. The van der Waals surface area contributed by atoms with E-state index in [0.29, 0.717) is 35.4 Å². The fourth-order valence-electron chi connectivity index (χ4n) is 6.52. The van der Waals surface area contributed by atoms with Gasteiger partial charge in [-0.2, -0.15) is 9.57 Å². The van der Waals surface area contributed by atoms with Crippen molar-refractivity contribution < 1.29 is 13.2 Å². The molecule has 2 aromatic carbocycles. The Bertz CT molecular complexity index is 1620. The summed E-state index contributed by atoms with van der Waals surface area (Å²) < 4.78 is 30.1. The van der Waals surface area contributed by atoms with Gasteiger partial charge in [0.2, 0.25) is 5.91 Å². The second-order valence-corrected chi connectivity index (χ2v) is 15.2. The molecule has 0 saturated carbocycles. The molecule has 0 spiro atoms. The highest BCUT2D eigenvalue weighted by Gasteiger charge is 2.40. The molecule has 3 fully saturated rings. The van der Waals surface area contributed by atoms with Crippen molar-refractivity contribution in [1.29, 1.82) is 5.26 Å². The Morgan fingerprint density at radius 2 is 1.81 bits per heavy atom. The number of fused-ring (bicyclic) bond motifs is 1. The van der Waals surface area contributed by atoms with Gasteiger partial charge in [0, 0.05) is 41.1 Å². The van der Waals surface area contributed by atoms with Crippen molar-refractivity contribution in [3.8, 4) is 6.07 Å². The first-order valence-corrected chi connectivity index (χ1v) is 17.1. The van der Waals surface area contributed by atoms with Crippen molar-refractivity contribution in [3.05, 3.63) is 58.6 Å². The maximum Gasteiger partial charge on any atom is 0.253 e. The first kappa shape index (κ1) is 29.4. The van der Waals surface area contributed by atoms with Crippen LogP contribution in [0.25, 0.3) is 10.1 Å². The molecule has 1 amide bonds. The molecule has 9 nitrogen and oxygen atoms in total. The number of piperidine rings is 1. The van der Waals surface area contributed by atoms with E-state index >= 15 is 0 Å². The summed E-state index contributed by atoms with van der Waals surface area (Å²) in [6.45, 7) is 5.09. The number of thiophene rings is 1. The van der Waals surface area contributed by atoms with Crippen LogP contribution < -0.4 is 5.73 Å². The fourth-order valence-corrected chi connectivity index (χ4v) is 9.77. The predicted octanol–water partition coefficient (Wildman–Crippen LogP) is 3.97. The standard InChI is InChI=1S/C30H35ClN6O3S2/c31-24-6-5-22-14-30(41-28(22)15-24)42(39,40)36-19-26(18-34-11-7-25(8-12-34)35-9-1-2-10-35)37(29(38)20-36)17-21-3-4-23(16-32)27(33)13-21/h3-6,13-15,25-26H,1-2,7-12,17-20,33H2. The zero-order valence-electron chi connectivity index (χ0n) is 23.4. The number of piperazine rings is 1. The minimum Gasteiger partial charge on any atom is -0.398 e. The smallest absolute Gasteiger partial charge is 0.253 e. The SMILES string of the molecule is N#Cc1ccc(CN2C(=O)CN(S(=O)(=O)c3cc4ccc(Cl)cc4s3)CC2CN2CCC(N3CCCC3)CC2)cc1N. The van der Waals surface area contributed by atoms with Crippen molar-refractivity contribution in [2.45, 2.75) is 48.5 Å². The van der Waals surface area contributed by atoms with E-state index in [0.717, 1.165) is 41.6 Å². The van der Waals surface area contributed by atoms with Crippen LogP contribution in [0.2, 0.25) is 5.02 Å².